The summed E-state index contributed by atoms with van der Waals surface area (Å²) >= 11 is 1.64. The van der Waals surface area contributed by atoms with E-state index in [0.29, 0.717) is 6.42 Å². The van der Waals surface area contributed by atoms with Crippen LogP contribution in [-0.4, -0.2) is 31.5 Å². The van der Waals surface area contributed by atoms with Crippen LogP contribution in [0.3, 0.4) is 0 Å². The number of benzene rings is 1. The first-order chi connectivity index (χ1) is 8.49. The molecule has 0 spiro atoms. The minimum absolute atomic E-state index is 0.381. The van der Waals surface area contributed by atoms with Crippen molar-refractivity contribution in [3.05, 3.63) is 24.3 Å². The normalized spacial score (nSPS) is 13.8. The summed E-state index contributed by atoms with van der Waals surface area (Å²) in [6.07, 6.45) is 0.557. The predicted molar refractivity (Wildman–Crippen MR) is 72.9 cm³/mol. The molecule has 5 heteroatoms. The van der Waals surface area contributed by atoms with Crippen molar-refractivity contribution in [1.82, 2.24) is 0 Å². The maximum Gasteiger partial charge on any atom is 0.325 e. The lowest BCUT2D eigenvalue weighted by atomic mass is 10.0. The molecule has 100 valence electrons. The van der Waals surface area contributed by atoms with E-state index < -0.39 is 5.54 Å². The van der Waals surface area contributed by atoms with Gasteiger partial charge in [-0.3, -0.25) is 4.79 Å². The van der Waals surface area contributed by atoms with Gasteiger partial charge in [0.2, 0.25) is 0 Å². The first-order valence-corrected chi connectivity index (χ1v) is 6.62. The number of hydrogen-bond donors (Lipinski definition) is 1. The largest absolute Gasteiger partial charge is 0.497 e. The molecule has 18 heavy (non-hydrogen) atoms. The SMILES string of the molecule is COC(=O)C(C)(N)CCSc1cccc(OC)c1. The summed E-state index contributed by atoms with van der Waals surface area (Å²) in [5.74, 6) is 1.19. The van der Waals surface area contributed by atoms with Crippen molar-refractivity contribution in [2.24, 2.45) is 5.73 Å². The second kappa shape index (κ2) is 6.66. The maximum atomic E-state index is 11.4. The number of esters is 1. The van der Waals surface area contributed by atoms with E-state index in [9.17, 15) is 4.79 Å². The zero-order valence-electron chi connectivity index (χ0n) is 10.9. The maximum absolute atomic E-state index is 11.4. The molecule has 0 aliphatic carbocycles. The lowest BCUT2D eigenvalue weighted by Crippen LogP contribution is -2.46. The fourth-order valence-electron chi connectivity index (χ4n) is 1.41. The fraction of sp³-hybridized carbons (Fsp3) is 0.462. The Hall–Kier alpha value is -1.20. The molecule has 0 aliphatic heterocycles. The van der Waals surface area contributed by atoms with Crippen molar-refractivity contribution in [2.45, 2.75) is 23.8 Å². The average molecular weight is 269 g/mol. The second-order valence-corrected chi connectivity index (χ2v) is 5.35. The molecule has 1 unspecified atom stereocenters. The van der Waals surface area contributed by atoms with Gasteiger partial charge in [0.05, 0.1) is 14.2 Å². The number of nitrogens with two attached hydrogens (primary N) is 1. The zero-order chi connectivity index (χ0) is 13.6. The Morgan fingerprint density at radius 2 is 2.17 bits per heavy atom. The van der Waals surface area contributed by atoms with Crippen LogP contribution in [-0.2, 0) is 9.53 Å². The van der Waals surface area contributed by atoms with E-state index in [1.165, 1.54) is 7.11 Å². The number of carbonyl (C=O) groups excluding carboxylic acids is 1. The van der Waals surface area contributed by atoms with Gasteiger partial charge in [-0.15, -0.1) is 11.8 Å². The van der Waals surface area contributed by atoms with Crippen molar-refractivity contribution >= 4 is 17.7 Å². The van der Waals surface area contributed by atoms with Crippen molar-refractivity contribution in [1.29, 1.82) is 0 Å². The quantitative estimate of drug-likeness (QED) is 0.633. The smallest absolute Gasteiger partial charge is 0.325 e. The minimum Gasteiger partial charge on any atom is -0.497 e. The van der Waals surface area contributed by atoms with Gasteiger partial charge in [-0.05, 0) is 31.5 Å². The summed E-state index contributed by atoms with van der Waals surface area (Å²) in [5.41, 5.74) is 4.95. The van der Waals surface area contributed by atoms with Crippen LogP contribution in [0.15, 0.2) is 29.2 Å². The Morgan fingerprint density at radius 3 is 2.78 bits per heavy atom. The highest BCUT2D eigenvalue weighted by molar-refractivity contribution is 7.99. The van der Waals surface area contributed by atoms with Crippen LogP contribution >= 0.6 is 11.8 Å². The highest BCUT2D eigenvalue weighted by Gasteiger charge is 2.28. The molecule has 2 N–H and O–H groups in total. The molecule has 0 saturated heterocycles. The van der Waals surface area contributed by atoms with Gasteiger partial charge in [0.15, 0.2) is 0 Å². The van der Waals surface area contributed by atoms with E-state index in [-0.39, 0.29) is 5.97 Å². The minimum atomic E-state index is -0.930. The van der Waals surface area contributed by atoms with Crippen LogP contribution in [0.5, 0.6) is 5.75 Å². The van der Waals surface area contributed by atoms with Gasteiger partial charge < -0.3 is 15.2 Å². The van der Waals surface area contributed by atoms with Crippen molar-refractivity contribution in [3.63, 3.8) is 0 Å². The van der Waals surface area contributed by atoms with Crippen LogP contribution in [0.25, 0.3) is 0 Å². The van der Waals surface area contributed by atoms with Crippen LogP contribution in [0.4, 0.5) is 0 Å². The predicted octanol–water partition coefficient (Wildman–Crippen LogP) is 2.07. The van der Waals surface area contributed by atoms with E-state index >= 15 is 0 Å². The number of carbonyl (C=O) groups is 1. The van der Waals surface area contributed by atoms with Crippen molar-refractivity contribution in [3.8, 4) is 5.75 Å². The lowest BCUT2D eigenvalue weighted by molar-refractivity contribution is -0.146. The lowest BCUT2D eigenvalue weighted by Gasteiger charge is -2.20. The molecule has 1 atom stereocenters. The molecule has 4 nitrogen and oxygen atoms in total. The first kappa shape index (κ1) is 14.9. The van der Waals surface area contributed by atoms with Crippen LogP contribution in [0.2, 0.25) is 0 Å². The van der Waals surface area contributed by atoms with E-state index in [1.54, 1.807) is 25.8 Å². The number of methoxy groups -OCH3 is 2. The molecular weight excluding hydrogens is 250 g/mol. The standard InChI is InChI=1S/C13H19NO3S/c1-13(14,12(15)17-3)7-8-18-11-6-4-5-10(9-11)16-2/h4-6,9H,7-8,14H2,1-3H3. The van der Waals surface area contributed by atoms with Gasteiger partial charge in [0, 0.05) is 10.6 Å². The van der Waals surface area contributed by atoms with Crippen molar-refractivity contribution in [2.75, 3.05) is 20.0 Å². The summed E-state index contributed by atoms with van der Waals surface area (Å²) in [6.45, 7) is 1.69. The Morgan fingerprint density at radius 1 is 1.44 bits per heavy atom. The Labute approximate surface area is 112 Å². The first-order valence-electron chi connectivity index (χ1n) is 5.64. The molecule has 0 radical (unpaired) electrons. The number of hydrogen-bond acceptors (Lipinski definition) is 5. The van der Waals surface area contributed by atoms with E-state index in [0.717, 1.165) is 16.4 Å². The molecule has 0 amide bonds. The monoisotopic (exact) mass is 269 g/mol. The second-order valence-electron chi connectivity index (χ2n) is 4.19. The van der Waals surface area contributed by atoms with Crippen LogP contribution in [0, 0.1) is 0 Å². The van der Waals surface area contributed by atoms with Gasteiger partial charge in [-0.2, -0.15) is 0 Å². The third kappa shape index (κ3) is 4.23. The topological polar surface area (TPSA) is 61.5 Å². The Bertz CT molecular complexity index is 407. The molecule has 1 aromatic carbocycles. The fourth-order valence-corrected chi connectivity index (χ4v) is 2.54. The molecular formula is C13H19NO3S. The highest BCUT2D eigenvalue weighted by atomic mass is 32.2. The van der Waals surface area contributed by atoms with E-state index in [4.69, 9.17) is 10.5 Å². The van der Waals surface area contributed by atoms with Crippen molar-refractivity contribution < 1.29 is 14.3 Å². The number of rotatable bonds is 6. The molecule has 0 aliphatic rings. The van der Waals surface area contributed by atoms with Gasteiger partial charge >= 0.3 is 5.97 Å². The van der Waals surface area contributed by atoms with E-state index in [1.807, 2.05) is 24.3 Å². The van der Waals surface area contributed by atoms with Gasteiger partial charge in [-0.1, -0.05) is 6.07 Å². The number of thioether (sulfide) groups is 1. The van der Waals surface area contributed by atoms with Gasteiger partial charge in [-0.25, -0.2) is 0 Å². The van der Waals surface area contributed by atoms with E-state index in [2.05, 4.69) is 4.74 Å². The highest BCUT2D eigenvalue weighted by Crippen LogP contribution is 2.25. The molecule has 1 rings (SSSR count). The molecule has 1 aromatic rings. The summed E-state index contributed by atoms with van der Waals surface area (Å²) in [4.78, 5) is 12.5. The average Bonchev–Trinajstić information content (AvgIpc) is 2.37. The third-order valence-electron chi connectivity index (χ3n) is 2.58. The summed E-state index contributed by atoms with van der Waals surface area (Å²) in [6, 6.07) is 7.78. The van der Waals surface area contributed by atoms with Crippen LogP contribution in [0.1, 0.15) is 13.3 Å². The summed E-state index contributed by atoms with van der Waals surface area (Å²) < 4.78 is 9.81. The molecule has 0 bridgehead atoms. The van der Waals surface area contributed by atoms with Crippen LogP contribution < -0.4 is 10.5 Å². The molecule has 0 heterocycles. The Kier molecular flexibility index (Phi) is 5.50. The molecule has 0 saturated carbocycles. The Balaban J connectivity index is 2.48. The summed E-state index contributed by atoms with van der Waals surface area (Å²) in [5, 5.41) is 0. The number of ether oxygens (including phenoxy) is 2. The molecule has 0 aromatic heterocycles. The van der Waals surface area contributed by atoms with Gasteiger partial charge in [0.1, 0.15) is 11.3 Å². The zero-order valence-corrected chi connectivity index (χ0v) is 11.8. The third-order valence-corrected chi connectivity index (χ3v) is 3.58. The summed E-state index contributed by atoms with van der Waals surface area (Å²) in [7, 11) is 2.99. The molecule has 0 fully saturated rings. The van der Waals surface area contributed by atoms with Gasteiger partial charge in [0.25, 0.3) is 0 Å².